The fourth-order valence-corrected chi connectivity index (χ4v) is 5.46. The number of aryl methyl sites for hydroxylation is 1. The lowest BCUT2D eigenvalue weighted by Gasteiger charge is -2.33. The number of halogens is 1. The highest BCUT2D eigenvalue weighted by molar-refractivity contribution is 7.91. The van der Waals surface area contributed by atoms with Crippen LogP contribution in [0.25, 0.3) is 45.1 Å². The van der Waals surface area contributed by atoms with E-state index < -0.39 is 9.84 Å². The molecule has 0 bridgehead atoms. The zero-order valence-electron chi connectivity index (χ0n) is 19.0. The van der Waals surface area contributed by atoms with Gasteiger partial charge in [-0.2, -0.15) is 15.2 Å². The number of benzene rings is 1. The van der Waals surface area contributed by atoms with Crippen LogP contribution in [0.5, 0.6) is 0 Å². The Balaban J connectivity index is 1.41. The minimum Gasteiger partial charge on any atom is -0.437 e. The van der Waals surface area contributed by atoms with E-state index in [-0.39, 0.29) is 17.1 Å². The Bertz CT molecular complexity index is 1660. The molecular weight excluding hydrogens is 471 g/mol. The predicted molar refractivity (Wildman–Crippen MR) is 128 cm³/mol. The SMILES string of the molecule is Cn1cc(-c2cc3cnc(-c4cn(C5CC(S(C)(=O)=O)C5)nc4-c4ccc(F)cc4)nc3o2)cn1. The van der Waals surface area contributed by atoms with Crippen molar-refractivity contribution in [2.75, 3.05) is 6.26 Å². The molecule has 1 saturated carbocycles. The Morgan fingerprint density at radius 1 is 1.09 bits per heavy atom. The van der Waals surface area contributed by atoms with Crippen molar-refractivity contribution < 1.29 is 17.2 Å². The van der Waals surface area contributed by atoms with Crippen LogP contribution < -0.4 is 0 Å². The summed E-state index contributed by atoms with van der Waals surface area (Å²) in [5.74, 6) is 0.699. The van der Waals surface area contributed by atoms with Crippen LogP contribution in [0.15, 0.2) is 59.5 Å². The smallest absolute Gasteiger partial charge is 0.230 e. The molecule has 4 heterocycles. The van der Waals surface area contributed by atoms with Gasteiger partial charge in [0.25, 0.3) is 0 Å². The Hall–Kier alpha value is -3.86. The predicted octanol–water partition coefficient (Wildman–Crippen LogP) is 4.04. The summed E-state index contributed by atoms with van der Waals surface area (Å²) in [6.45, 7) is 0. The van der Waals surface area contributed by atoms with E-state index >= 15 is 0 Å². The molecule has 6 rings (SSSR count). The summed E-state index contributed by atoms with van der Waals surface area (Å²) in [7, 11) is -1.26. The highest BCUT2D eigenvalue weighted by Gasteiger charge is 2.38. The van der Waals surface area contributed by atoms with Crippen molar-refractivity contribution in [1.29, 1.82) is 0 Å². The second-order valence-corrected chi connectivity index (χ2v) is 11.2. The van der Waals surface area contributed by atoms with Crippen LogP contribution in [0.2, 0.25) is 0 Å². The van der Waals surface area contributed by atoms with E-state index in [1.165, 1.54) is 18.4 Å². The average molecular weight is 493 g/mol. The Labute approximate surface area is 200 Å². The molecule has 9 nitrogen and oxygen atoms in total. The molecule has 5 aromatic rings. The van der Waals surface area contributed by atoms with Crippen molar-refractivity contribution in [3.63, 3.8) is 0 Å². The number of rotatable bonds is 5. The lowest BCUT2D eigenvalue weighted by Crippen LogP contribution is -2.37. The monoisotopic (exact) mass is 492 g/mol. The lowest BCUT2D eigenvalue weighted by molar-refractivity contribution is 0.291. The van der Waals surface area contributed by atoms with Crippen molar-refractivity contribution in [3.8, 4) is 34.0 Å². The Kier molecular flexibility index (Phi) is 4.85. The molecular formula is C24H21FN6O3S. The van der Waals surface area contributed by atoms with Crippen LogP contribution in [0, 0.1) is 5.82 Å². The molecule has 0 saturated heterocycles. The van der Waals surface area contributed by atoms with Gasteiger partial charge in [0.05, 0.1) is 34.0 Å². The van der Waals surface area contributed by atoms with Gasteiger partial charge in [0.2, 0.25) is 5.71 Å². The first-order valence-corrected chi connectivity index (χ1v) is 13.0. The second-order valence-electron chi connectivity index (χ2n) is 8.92. The first-order valence-electron chi connectivity index (χ1n) is 11.0. The summed E-state index contributed by atoms with van der Waals surface area (Å²) in [6.07, 6.45) is 9.34. The molecule has 0 spiro atoms. The van der Waals surface area contributed by atoms with E-state index in [4.69, 9.17) is 9.52 Å². The Morgan fingerprint density at radius 3 is 2.54 bits per heavy atom. The van der Waals surface area contributed by atoms with Crippen LogP contribution in [0.1, 0.15) is 18.9 Å². The minimum atomic E-state index is -3.09. The maximum atomic E-state index is 13.6. The third-order valence-corrected chi connectivity index (χ3v) is 8.00. The summed E-state index contributed by atoms with van der Waals surface area (Å²) < 4.78 is 46.7. The molecule has 0 amide bonds. The van der Waals surface area contributed by atoms with Crippen LogP contribution >= 0.6 is 0 Å². The zero-order valence-corrected chi connectivity index (χ0v) is 19.8. The van der Waals surface area contributed by atoms with Gasteiger partial charge in [-0.3, -0.25) is 9.36 Å². The molecule has 1 fully saturated rings. The topological polar surface area (TPSA) is 109 Å². The molecule has 1 aromatic carbocycles. The van der Waals surface area contributed by atoms with Crippen molar-refractivity contribution in [2.24, 2.45) is 7.05 Å². The number of nitrogens with zero attached hydrogens (tertiary/aromatic N) is 6. The maximum absolute atomic E-state index is 13.6. The van der Waals surface area contributed by atoms with Crippen molar-refractivity contribution in [2.45, 2.75) is 24.1 Å². The summed E-state index contributed by atoms with van der Waals surface area (Å²) >= 11 is 0. The van der Waals surface area contributed by atoms with Gasteiger partial charge in [-0.1, -0.05) is 0 Å². The Morgan fingerprint density at radius 2 is 1.86 bits per heavy atom. The molecule has 4 aromatic heterocycles. The van der Waals surface area contributed by atoms with E-state index in [2.05, 4.69) is 15.1 Å². The number of hydrogen-bond acceptors (Lipinski definition) is 7. The molecule has 1 aliphatic carbocycles. The lowest BCUT2D eigenvalue weighted by atomic mass is 9.92. The molecule has 178 valence electrons. The molecule has 0 N–H and O–H groups in total. The third kappa shape index (κ3) is 3.91. The van der Waals surface area contributed by atoms with Gasteiger partial charge in [-0.05, 0) is 43.2 Å². The molecule has 0 radical (unpaired) electrons. The van der Waals surface area contributed by atoms with Crippen molar-refractivity contribution >= 4 is 20.9 Å². The first kappa shape index (κ1) is 21.7. The molecule has 0 atom stereocenters. The third-order valence-electron chi connectivity index (χ3n) is 6.40. The second kappa shape index (κ2) is 7.84. The summed E-state index contributed by atoms with van der Waals surface area (Å²) in [6, 6.07) is 7.86. The van der Waals surface area contributed by atoms with Gasteiger partial charge in [-0.25, -0.2) is 17.8 Å². The first-order chi connectivity index (χ1) is 16.7. The van der Waals surface area contributed by atoms with E-state index in [0.29, 0.717) is 47.0 Å². The van der Waals surface area contributed by atoms with Crippen LogP contribution in [0.4, 0.5) is 4.39 Å². The van der Waals surface area contributed by atoms with Crippen molar-refractivity contribution in [1.82, 2.24) is 29.5 Å². The van der Waals surface area contributed by atoms with E-state index in [0.717, 1.165) is 10.9 Å². The van der Waals surface area contributed by atoms with Crippen LogP contribution in [0.3, 0.4) is 0 Å². The van der Waals surface area contributed by atoms with Gasteiger partial charge in [0.1, 0.15) is 27.1 Å². The largest absolute Gasteiger partial charge is 0.437 e. The highest BCUT2D eigenvalue weighted by Crippen LogP contribution is 2.39. The molecule has 0 aliphatic heterocycles. The van der Waals surface area contributed by atoms with Crippen LogP contribution in [-0.2, 0) is 16.9 Å². The molecule has 0 unspecified atom stereocenters. The van der Waals surface area contributed by atoms with E-state index in [1.807, 2.05) is 25.5 Å². The summed E-state index contributed by atoms with van der Waals surface area (Å²) in [4.78, 5) is 9.19. The van der Waals surface area contributed by atoms with E-state index in [1.54, 1.807) is 33.9 Å². The number of aromatic nitrogens is 6. The normalized spacial score (nSPS) is 18.1. The fourth-order valence-electron chi connectivity index (χ4n) is 4.32. The fraction of sp³-hybridized carbons (Fsp3) is 0.250. The molecule has 11 heteroatoms. The van der Waals surface area contributed by atoms with Gasteiger partial charge < -0.3 is 4.42 Å². The number of furan rings is 1. The van der Waals surface area contributed by atoms with Gasteiger partial charge in [0, 0.05) is 37.5 Å². The number of sulfone groups is 1. The van der Waals surface area contributed by atoms with Gasteiger partial charge in [0.15, 0.2) is 5.82 Å². The number of fused-ring (bicyclic) bond motifs is 1. The molecule has 35 heavy (non-hydrogen) atoms. The minimum absolute atomic E-state index is 0.0489. The van der Waals surface area contributed by atoms with E-state index in [9.17, 15) is 12.8 Å². The standard InChI is InChI=1S/C24H21FN6O3S/c1-30-12-16(11-27-30)21-7-15-10-26-23(28-24(15)34-21)20-13-31(18-8-19(9-18)35(2,32)33)29-22(20)14-3-5-17(25)6-4-14/h3-7,10-13,18-19H,8-9H2,1-2H3. The summed E-state index contributed by atoms with van der Waals surface area (Å²) in [5, 5.41) is 9.30. The van der Waals surface area contributed by atoms with Crippen LogP contribution in [-0.4, -0.2) is 49.5 Å². The van der Waals surface area contributed by atoms with Gasteiger partial charge >= 0.3 is 0 Å². The quantitative estimate of drug-likeness (QED) is 0.364. The summed E-state index contributed by atoms with van der Waals surface area (Å²) in [5.41, 5.74) is 3.20. The number of hydrogen-bond donors (Lipinski definition) is 0. The highest BCUT2D eigenvalue weighted by atomic mass is 32.2. The molecule has 1 aliphatic rings. The average Bonchev–Trinajstić information content (AvgIpc) is 3.49. The maximum Gasteiger partial charge on any atom is 0.230 e. The zero-order chi connectivity index (χ0) is 24.3. The van der Waals surface area contributed by atoms with Gasteiger partial charge in [-0.15, -0.1) is 0 Å². The van der Waals surface area contributed by atoms with Crippen molar-refractivity contribution in [3.05, 3.63) is 60.9 Å².